The van der Waals surface area contributed by atoms with Crippen LogP contribution in [0.2, 0.25) is 0 Å². The number of nitrogens with zero attached hydrogens (tertiary/aromatic N) is 1. The average molecular weight is 266 g/mol. The number of pyridine rings is 1. The highest BCUT2D eigenvalue weighted by molar-refractivity contribution is 5.36. The number of nitrogens with two attached hydrogens (primary N) is 1. The molecule has 0 aliphatic heterocycles. The standard InChI is InChI=1S/C14H13F3N2/c1-2-14(18,12-7-6-9(15)8-19-12)13-10(16)4-3-5-11(13)17/h3-8H,2,18H2,1H3. The van der Waals surface area contributed by atoms with Gasteiger partial charge in [-0.25, -0.2) is 13.2 Å². The van der Waals surface area contributed by atoms with Crippen LogP contribution in [0.5, 0.6) is 0 Å². The summed E-state index contributed by atoms with van der Waals surface area (Å²) in [6.45, 7) is 1.69. The van der Waals surface area contributed by atoms with E-state index in [4.69, 9.17) is 5.73 Å². The Kier molecular flexibility index (Phi) is 3.57. The van der Waals surface area contributed by atoms with E-state index in [9.17, 15) is 13.2 Å². The first kappa shape index (κ1) is 13.5. The molecule has 2 aromatic rings. The Morgan fingerprint density at radius 2 is 1.74 bits per heavy atom. The van der Waals surface area contributed by atoms with Crippen LogP contribution in [0.15, 0.2) is 36.5 Å². The van der Waals surface area contributed by atoms with Crippen molar-refractivity contribution in [1.82, 2.24) is 4.98 Å². The van der Waals surface area contributed by atoms with Crippen molar-refractivity contribution in [3.05, 3.63) is 65.2 Å². The molecular weight excluding hydrogens is 253 g/mol. The lowest BCUT2D eigenvalue weighted by atomic mass is 9.84. The molecule has 2 nitrogen and oxygen atoms in total. The van der Waals surface area contributed by atoms with E-state index in [1.165, 1.54) is 18.2 Å². The van der Waals surface area contributed by atoms with Gasteiger partial charge in [0.15, 0.2) is 0 Å². The Labute approximate surface area is 109 Å². The van der Waals surface area contributed by atoms with Gasteiger partial charge in [0.2, 0.25) is 0 Å². The van der Waals surface area contributed by atoms with Crippen LogP contribution in [0.25, 0.3) is 0 Å². The minimum absolute atomic E-state index is 0.223. The van der Waals surface area contributed by atoms with Crippen molar-refractivity contribution < 1.29 is 13.2 Å². The van der Waals surface area contributed by atoms with Gasteiger partial charge < -0.3 is 5.73 Å². The molecule has 1 unspecified atom stereocenters. The highest BCUT2D eigenvalue weighted by atomic mass is 19.1. The van der Waals surface area contributed by atoms with Crippen molar-refractivity contribution in [2.24, 2.45) is 5.73 Å². The third-order valence-electron chi connectivity index (χ3n) is 3.15. The molecule has 0 radical (unpaired) electrons. The molecule has 5 heteroatoms. The molecule has 0 saturated heterocycles. The molecular formula is C14H13F3N2. The second kappa shape index (κ2) is 5.01. The minimum atomic E-state index is -1.43. The summed E-state index contributed by atoms with van der Waals surface area (Å²) >= 11 is 0. The average Bonchev–Trinajstić information content (AvgIpc) is 2.39. The largest absolute Gasteiger partial charge is 0.316 e. The molecule has 0 saturated carbocycles. The molecule has 0 bridgehead atoms. The van der Waals surface area contributed by atoms with Crippen LogP contribution < -0.4 is 5.73 Å². The second-order valence-electron chi connectivity index (χ2n) is 4.28. The molecule has 0 amide bonds. The zero-order chi connectivity index (χ0) is 14.0. The number of aromatic nitrogens is 1. The number of halogens is 3. The first-order valence-corrected chi connectivity index (χ1v) is 5.84. The van der Waals surface area contributed by atoms with Gasteiger partial charge in [-0.1, -0.05) is 13.0 Å². The first-order chi connectivity index (χ1) is 8.99. The van der Waals surface area contributed by atoms with Gasteiger partial charge in [-0.3, -0.25) is 4.98 Å². The maximum atomic E-state index is 13.9. The smallest absolute Gasteiger partial charge is 0.141 e. The fourth-order valence-corrected chi connectivity index (χ4v) is 2.05. The summed E-state index contributed by atoms with van der Waals surface area (Å²) in [6.07, 6.45) is 1.20. The fourth-order valence-electron chi connectivity index (χ4n) is 2.05. The summed E-state index contributed by atoms with van der Waals surface area (Å²) in [5.74, 6) is -2.01. The molecule has 0 aliphatic rings. The van der Waals surface area contributed by atoms with Crippen LogP contribution in [-0.4, -0.2) is 4.98 Å². The van der Waals surface area contributed by atoms with Gasteiger partial charge in [0.25, 0.3) is 0 Å². The second-order valence-corrected chi connectivity index (χ2v) is 4.28. The van der Waals surface area contributed by atoms with Gasteiger partial charge in [-0.05, 0) is 30.7 Å². The summed E-state index contributed by atoms with van der Waals surface area (Å²) in [7, 11) is 0. The van der Waals surface area contributed by atoms with E-state index >= 15 is 0 Å². The fraction of sp³-hybridized carbons (Fsp3) is 0.214. The molecule has 2 N–H and O–H groups in total. The van der Waals surface area contributed by atoms with Crippen molar-refractivity contribution in [1.29, 1.82) is 0 Å². The van der Waals surface area contributed by atoms with Crippen molar-refractivity contribution >= 4 is 0 Å². The van der Waals surface area contributed by atoms with Gasteiger partial charge in [0.1, 0.15) is 17.5 Å². The van der Waals surface area contributed by atoms with Gasteiger partial charge in [-0.15, -0.1) is 0 Å². The van der Waals surface area contributed by atoms with Crippen LogP contribution in [0.1, 0.15) is 24.6 Å². The molecule has 0 aliphatic carbocycles. The van der Waals surface area contributed by atoms with E-state index in [2.05, 4.69) is 4.98 Å². The first-order valence-electron chi connectivity index (χ1n) is 5.84. The summed E-state index contributed by atoms with van der Waals surface area (Å²) in [5, 5.41) is 0. The molecule has 19 heavy (non-hydrogen) atoms. The van der Waals surface area contributed by atoms with Crippen LogP contribution in [0.4, 0.5) is 13.2 Å². The van der Waals surface area contributed by atoms with Crippen LogP contribution in [-0.2, 0) is 5.54 Å². The quantitative estimate of drug-likeness (QED) is 0.927. The monoisotopic (exact) mass is 266 g/mol. The lowest BCUT2D eigenvalue weighted by Gasteiger charge is -2.28. The van der Waals surface area contributed by atoms with E-state index in [0.717, 1.165) is 18.3 Å². The third kappa shape index (κ3) is 2.33. The molecule has 1 atom stereocenters. The molecule has 1 aromatic carbocycles. The van der Waals surface area contributed by atoms with E-state index in [1.54, 1.807) is 6.92 Å². The number of hydrogen-bond acceptors (Lipinski definition) is 2. The topological polar surface area (TPSA) is 38.9 Å². The molecule has 2 rings (SSSR count). The van der Waals surface area contributed by atoms with E-state index in [0.29, 0.717) is 0 Å². The lowest BCUT2D eigenvalue weighted by molar-refractivity contribution is 0.433. The Balaban J connectivity index is 2.63. The highest BCUT2D eigenvalue weighted by Gasteiger charge is 2.34. The predicted octanol–water partition coefficient (Wildman–Crippen LogP) is 3.11. The van der Waals surface area contributed by atoms with Crippen molar-refractivity contribution in [3.63, 3.8) is 0 Å². The normalized spacial score (nSPS) is 14.2. The molecule has 1 aromatic heterocycles. The van der Waals surface area contributed by atoms with Gasteiger partial charge >= 0.3 is 0 Å². The summed E-state index contributed by atoms with van der Waals surface area (Å²) < 4.78 is 40.6. The SMILES string of the molecule is CCC(N)(c1ccc(F)cn1)c1c(F)cccc1F. The highest BCUT2D eigenvalue weighted by Crippen LogP contribution is 2.32. The summed E-state index contributed by atoms with van der Waals surface area (Å²) in [6, 6.07) is 6.05. The van der Waals surface area contributed by atoms with Gasteiger partial charge in [-0.2, -0.15) is 0 Å². The number of rotatable bonds is 3. The predicted molar refractivity (Wildman–Crippen MR) is 65.8 cm³/mol. The molecule has 1 heterocycles. The number of hydrogen-bond donors (Lipinski definition) is 1. The Morgan fingerprint density at radius 1 is 1.11 bits per heavy atom. The van der Waals surface area contributed by atoms with Crippen LogP contribution >= 0.6 is 0 Å². The van der Waals surface area contributed by atoms with E-state index in [-0.39, 0.29) is 17.7 Å². The molecule has 0 fully saturated rings. The van der Waals surface area contributed by atoms with Gasteiger partial charge in [0.05, 0.1) is 17.4 Å². The maximum absolute atomic E-state index is 13.9. The van der Waals surface area contributed by atoms with E-state index in [1.807, 2.05) is 0 Å². The third-order valence-corrected chi connectivity index (χ3v) is 3.15. The summed E-state index contributed by atoms with van der Waals surface area (Å²) in [5.41, 5.74) is 4.67. The van der Waals surface area contributed by atoms with Gasteiger partial charge in [0, 0.05) is 5.56 Å². The number of benzene rings is 1. The van der Waals surface area contributed by atoms with Crippen molar-refractivity contribution in [3.8, 4) is 0 Å². The lowest BCUT2D eigenvalue weighted by Crippen LogP contribution is -2.40. The zero-order valence-electron chi connectivity index (χ0n) is 10.3. The maximum Gasteiger partial charge on any atom is 0.141 e. The minimum Gasteiger partial charge on any atom is -0.316 e. The van der Waals surface area contributed by atoms with Crippen LogP contribution in [0.3, 0.4) is 0 Å². The van der Waals surface area contributed by atoms with E-state index < -0.39 is 23.0 Å². The van der Waals surface area contributed by atoms with Crippen molar-refractivity contribution in [2.75, 3.05) is 0 Å². The van der Waals surface area contributed by atoms with Crippen LogP contribution in [0, 0.1) is 17.5 Å². The Bertz CT molecular complexity index is 563. The van der Waals surface area contributed by atoms with Crippen molar-refractivity contribution in [2.45, 2.75) is 18.9 Å². The molecule has 0 spiro atoms. The Hall–Kier alpha value is -1.88. The zero-order valence-corrected chi connectivity index (χ0v) is 10.3. The summed E-state index contributed by atoms with van der Waals surface area (Å²) in [4.78, 5) is 3.85. The molecule has 100 valence electrons. The Morgan fingerprint density at radius 3 is 2.21 bits per heavy atom.